The van der Waals surface area contributed by atoms with E-state index in [2.05, 4.69) is 34.3 Å². The molecule has 0 atom stereocenters. The lowest BCUT2D eigenvalue weighted by Crippen LogP contribution is -2.33. The first-order chi connectivity index (χ1) is 14.5. The lowest BCUT2D eigenvalue weighted by molar-refractivity contribution is -0.134. The Morgan fingerprint density at radius 3 is 2.43 bits per heavy atom. The van der Waals surface area contributed by atoms with Crippen molar-refractivity contribution in [1.82, 2.24) is 14.5 Å². The fourth-order valence-corrected chi connectivity index (χ4v) is 3.15. The maximum absolute atomic E-state index is 9.55. The van der Waals surface area contributed by atoms with Crippen LogP contribution in [0.15, 0.2) is 66.9 Å². The number of hydrogen-bond acceptors (Lipinski definition) is 5. The number of benzene rings is 1. The molecule has 0 radical (unpaired) electrons. The molecule has 2 N–H and O–H groups in total. The first-order valence-electron chi connectivity index (χ1n) is 9.51. The molecular formula is C22H23N3O5. The predicted octanol–water partition coefficient (Wildman–Crippen LogP) is 2.48. The van der Waals surface area contributed by atoms with Crippen LogP contribution in [0.25, 0.3) is 5.52 Å². The average molecular weight is 409 g/mol. The summed E-state index contributed by atoms with van der Waals surface area (Å²) in [6.45, 7) is 3.73. The highest BCUT2D eigenvalue weighted by molar-refractivity contribution is 5.89. The van der Waals surface area contributed by atoms with Gasteiger partial charge in [-0.25, -0.2) is 14.1 Å². The molecule has 30 heavy (non-hydrogen) atoms. The minimum atomic E-state index is -1.26. The number of carboxylic acids is 2. The lowest BCUT2D eigenvalue weighted by atomic mass is 10.0. The molecule has 156 valence electrons. The quantitative estimate of drug-likeness (QED) is 0.603. The first kappa shape index (κ1) is 21.1. The van der Waals surface area contributed by atoms with Crippen LogP contribution in [0.1, 0.15) is 11.1 Å². The van der Waals surface area contributed by atoms with Gasteiger partial charge in [0.25, 0.3) is 0 Å². The summed E-state index contributed by atoms with van der Waals surface area (Å²) in [5, 5.41) is 20.0. The molecule has 1 aliphatic rings. The van der Waals surface area contributed by atoms with E-state index in [1.165, 1.54) is 11.1 Å². The molecule has 3 heterocycles. The van der Waals surface area contributed by atoms with Gasteiger partial charge in [0, 0.05) is 44.0 Å². The van der Waals surface area contributed by atoms with Crippen LogP contribution in [0.5, 0.6) is 5.88 Å². The Balaban J connectivity index is 0.000000275. The Morgan fingerprint density at radius 2 is 1.73 bits per heavy atom. The summed E-state index contributed by atoms with van der Waals surface area (Å²) in [5.74, 6) is -1.82. The Bertz CT molecular complexity index is 995. The van der Waals surface area contributed by atoms with Crippen LogP contribution in [-0.4, -0.2) is 56.4 Å². The standard InChI is InChI=1S/C18H19N3O.C4H4O4/c1-2-6-16-14-20(10-8-15(16)5-1)11-12-22-18-13-17-7-3-4-9-21(17)19-18;5-3(6)1-2-4(7)8/h1-7,9,13H,8,10-12,14H2;1-2H,(H,5,6)(H,7,8). The van der Waals surface area contributed by atoms with E-state index in [0.29, 0.717) is 24.6 Å². The van der Waals surface area contributed by atoms with E-state index in [0.717, 1.165) is 31.6 Å². The maximum Gasteiger partial charge on any atom is 0.328 e. The maximum atomic E-state index is 9.55. The van der Waals surface area contributed by atoms with E-state index in [4.69, 9.17) is 14.9 Å². The van der Waals surface area contributed by atoms with Crippen LogP contribution in [0.4, 0.5) is 0 Å². The number of fused-ring (bicyclic) bond motifs is 2. The number of nitrogens with zero attached hydrogens (tertiary/aromatic N) is 3. The second kappa shape index (κ2) is 10.2. The number of ether oxygens (including phenoxy) is 1. The Labute approximate surface area is 173 Å². The fraction of sp³-hybridized carbons (Fsp3) is 0.227. The van der Waals surface area contributed by atoms with Gasteiger partial charge in [-0.05, 0) is 29.7 Å². The van der Waals surface area contributed by atoms with Crippen LogP contribution in [0.2, 0.25) is 0 Å². The van der Waals surface area contributed by atoms with Crippen LogP contribution in [0, 0.1) is 0 Å². The molecule has 0 amide bonds. The summed E-state index contributed by atoms with van der Waals surface area (Å²) < 4.78 is 7.65. The van der Waals surface area contributed by atoms with Gasteiger partial charge in [-0.1, -0.05) is 30.3 Å². The van der Waals surface area contributed by atoms with E-state index in [1.54, 1.807) is 0 Å². The number of hydrogen-bond donors (Lipinski definition) is 2. The van der Waals surface area contributed by atoms with Gasteiger partial charge in [-0.15, -0.1) is 5.10 Å². The Hall–Kier alpha value is -3.65. The molecule has 0 fully saturated rings. The van der Waals surface area contributed by atoms with Gasteiger partial charge in [-0.2, -0.15) is 0 Å². The van der Waals surface area contributed by atoms with E-state index in [1.807, 2.05) is 35.0 Å². The number of carboxylic acid groups (broad SMARTS) is 2. The zero-order chi connectivity index (χ0) is 21.3. The largest absolute Gasteiger partial charge is 0.478 e. The van der Waals surface area contributed by atoms with Crippen molar-refractivity contribution < 1.29 is 24.5 Å². The molecule has 2 aromatic heterocycles. The summed E-state index contributed by atoms with van der Waals surface area (Å²) in [5.41, 5.74) is 3.99. The highest BCUT2D eigenvalue weighted by atomic mass is 16.5. The van der Waals surface area contributed by atoms with Gasteiger partial charge in [-0.3, -0.25) is 4.90 Å². The van der Waals surface area contributed by atoms with Crippen LogP contribution < -0.4 is 4.74 Å². The monoisotopic (exact) mass is 409 g/mol. The van der Waals surface area contributed by atoms with Crippen molar-refractivity contribution >= 4 is 17.5 Å². The third-order valence-electron chi connectivity index (χ3n) is 4.58. The normalized spacial score (nSPS) is 13.5. The topological polar surface area (TPSA) is 104 Å². The SMILES string of the molecule is O=C(O)C=CC(=O)O.c1ccc2c(c1)CCN(CCOc1cc3ccccn3n1)C2. The van der Waals surface area contributed by atoms with Crippen LogP contribution in [-0.2, 0) is 22.6 Å². The minimum Gasteiger partial charge on any atom is -0.478 e. The van der Waals surface area contributed by atoms with E-state index >= 15 is 0 Å². The molecule has 0 saturated carbocycles. The highest BCUT2D eigenvalue weighted by Gasteiger charge is 2.15. The van der Waals surface area contributed by atoms with E-state index in [-0.39, 0.29) is 0 Å². The molecule has 1 aliphatic heterocycles. The molecule has 8 heteroatoms. The lowest BCUT2D eigenvalue weighted by Gasteiger charge is -2.28. The highest BCUT2D eigenvalue weighted by Crippen LogP contribution is 2.18. The van der Waals surface area contributed by atoms with Crippen LogP contribution >= 0.6 is 0 Å². The average Bonchev–Trinajstić information content (AvgIpc) is 3.15. The van der Waals surface area contributed by atoms with Gasteiger partial charge in [0.05, 0.1) is 5.52 Å². The zero-order valence-corrected chi connectivity index (χ0v) is 16.3. The van der Waals surface area contributed by atoms with Crippen molar-refractivity contribution in [3.8, 4) is 5.88 Å². The number of rotatable bonds is 6. The summed E-state index contributed by atoms with van der Waals surface area (Å²) in [4.78, 5) is 21.5. The molecule has 0 spiro atoms. The van der Waals surface area contributed by atoms with Crippen molar-refractivity contribution in [3.05, 3.63) is 78.0 Å². The summed E-state index contributed by atoms with van der Waals surface area (Å²) in [6, 6.07) is 16.7. The van der Waals surface area contributed by atoms with Gasteiger partial charge in [0.15, 0.2) is 0 Å². The van der Waals surface area contributed by atoms with E-state index < -0.39 is 11.9 Å². The van der Waals surface area contributed by atoms with Gasteiger partial charge >= 0.3 is 11.9 Å². The molecule has 4 rings (SSSR count). The van der Waals surface area contributed by atoms with Gasteiger partial charge in [0.1, 0.15) is 6.61 Å². The molecule has 0 unspecified atom stereocenters. The summed E-state index contributed by atoms with van der Waals surface area (Å²) in [6.07, 6.45) is 4.18. The fourth-order valence-electron chi connectivity index (χ4n) is 3.15. The number of aliphatic carboxylic acids is 2. The molecule has 3 aromatic rings. The van der Waals surface area contributed by atoms with Crippen molar-refractivity contribution in [1.29, 1.82) is 0 Å². The van der Waals surface area contributed by atoms with Crippen molar-refractivity contribution in [2.24, 2.45) is 0 Å². The molecule has 0 saturated heterocycles. The molecule has 8 nitrogen and oxygen atoms in total. The number of carbonyl (C=O) groups is 2. The first-order valence-corrected chi connectivity index (χ1v) is 9.51. The number of aromatic nitrogens is 2. The van der Waals surface area contributed by atoms with Gasteiger partial charge < -0.3 is 14.9 Å². The second-order valence-corrected chi connectivity index (χ2v) is 6.71. The molecule has 1 aromatic carbocycles. The molecule has 0 aliphatic carbocycles. The molecule has 0 bridgehead atoms. The van der Waals surface area contributed by atoms with Crippen molar-refractivity contribution in [2.75, 3.05) is 19.7 Å². The molecular weight excluding hydrogens is 386 g/mol. The predicted molar refractivity (Wildman–Crippen MR) is 111 cm³/mol. The number of pyridine rings is 1. The third kappa shape index (κ3) is 6.18. The third-order valence-corrected chi connectivity index (χ3v) is 4.58. The van der Waals surface area contributed by atoms with Crippen LogP contribution in [0.3, 0.4) is 0 Å². The van der Waals surface area contributed by atoms with Gasteiger partial charge in [0.2, 0.25) is 5.88 Å². The van der Waals surface area contributed by atoms with Crippen molar-refractivity contribution in [2.45, 2.75) is 13.0 Å². The summed E-state index contributed by atoms with van der Waals surface area (Å²) >= 11 is 0. The second-order valence-electron chi connectivity index (χ2n) is 6.71. The van der Waals surface area contributed by atoms with Crippen molar-refractivity contribution in [3.63, 3.8) is 0 Å². The summed E-state index contributed by atoms with van der Waals surface area (Å²) in [7, 11) is 0. The Morgan fingerprint density at radius 1 is 1.03 bits per heavy atom. The zero-order valence-electron chi connectivity index (χ0n) is 16.3. The smallest absolute Gasteiger partial charge is 0.328 e. The van der Waals surface area contributed by atoms with E-state index in [9.17, 15) is 9.59 Å². The Kier molecular flexibility index (Phi) is 7.18. The minimum absolute atomic E-state index is 0.558.